The van der Waals surface area contributed by atoms with E-state index in [4.69, 9.17) is 0 Å². The minimum atomic E-state index is -0.300. The fourth-order valence-electron chi connectivity index (χ4n) is 8.82. The minimum Gasteiger partial charge on any atom is -0.332 e. The fourth-order valence-corrected chi connectivity index (χ4v) is 8.82. The normalized spacial score (nSPS) is 17.3. The van der Waals surface area contributed by atoms with Crippen molar-refractivity contribution in [1.29, 1.82) is 10.5 Å². The van der Waals surface area contributed by atoms with Crippen LogP contribution in [0.25, 0.3) is 60.9 Å². The minimum absolute atomic E-state index is 0.0706. The first kappa shape index (κ1) is 31.6. The third-order valence-corrected chi connectivity index (χ3v) is 11.2. The molecule has 7 aromatic rings. The number of nitrogens with zero attached hydrogens (tertiary/aromatic N) is 4. The average molecular weight is 691 g/mol. The van der Waals surface area contributed by atoms with Crippen LogP contribution >= 0.6 is 0 Å². The van der Waals surface area contributed by atoms with E-state index in [1.54, 1.807) is 0 Å². The topological polar surface area (TPSA) is 55.8 Å². The van der Waals surface area contributed by atoms with Crippen LogP contribution in [-0.2, 0) is 0 Å². The van der Waals surface area contributed by atoms with Crippen LogP contribution in [0.3, 0.4) is 0 Å². The van der Waals surface area contributed by atoms with Crippen molar-refractivity contribution in [2.24, 2.45) is 5.92 Å². The summed E-state index contributed by atoms with van der Waals surface area (Å²) in [5.41, 5.74) is 15.0. The largest absolute Gasteiger partial charge is 0.332 e. The number of fused-ring (bicyclic) bond motifs is 7. The predicted octanol–water partition coefficient (Wildman–Crippen LogP) is 12.4. The fraction of sp³-hybridized carbons (Fsp3) is 0.0800. The summed E-state index contributed by atoms with van der Waals surface area (Å²) in [6, 6.07) is 54.6. The van der Waals surface area contributed by atoms with Gasteiger partial charge in [0.1, 0.15) is 0 Å². The maximum atomic E-state index is 10.4. The number of hydrogen-bond acceptors (Lipinski definition) is 3. The van der Waals surface area contributed by atoms with Crippen LogP contribution in [0.2, 0.25) is 0 Å². The van der Waals surface area contributed by atoms with E-state index in [-0.39, 0.29) is 12.0 Å². The molecule has 0 saturated heterocycles. The second kappa shape index (κ2) is 12.8. The highest BCUT2D eigenvalue weighted by molar-refractivity contribution is 6.17. The van der Waals surface area contributed by atoms with Gasteiger partial charge in [-0.3, -0.25) is 0 Å². The molecule has 10 rings (SSSR count). The zero-order valence-corrected chi connectivity index (χ0v) is 29.5. The molecule has 2 unspecified atom stereocenters. The van der Waals surface area contributed by atoms with Crippen molar-refractivity contribution in [3.8, 4) is 40.1 Å². The first-order valence-electron chi connectivity index (χ1n) is 18.5. The average Bonchev–Trinajstić information content (AvgIpc) is 3.77. The molecule has 0 saturated carbocycles. The molecule has 1 aromatic heterocycles. The third-order valence-electron chi connectivity index (χ3n) is 11.2. The van der Waals surface area contributed by atoms with E-state index in [0.29, 0.717) is 12.0 Å². The standard InChI is InChI=1S/C50H34N4/c51-31-33-24-25-36(32-52)41(28-33)44-29-43(35-16-6-2-7-17-35)48(30-42(44)34-14-4-1-5-15-34)54-46-23-13-11-21-40(46)49-47(54)27-26-39-38-20-10-12-22-45(38)53(50(39)49)37-18-8-3-9-19-37/h1-22,25-30,33,46H,23-24H2. The third kappa shape index (κ3) is 4.89. The Morgan fingerprint density at radius 3 is 2.07 bits per heavy atom. The van der Waals surface area contributed by atoms with Gasteiger partial charge in [0.15, 0.2) is 0 Å². The molecule has 0 N–H and O–H groups in total. The molecule has 54 heavy (non-hydrogen) atoms. The van der Waals surface area contributed by atoms with E-state index < -0.39 is 0 Å². The van der Waals surface area contributed by atoms with Gasteiger partial charge < -0.3 is 9.47 Å². The summed E-state index contributed by atoms with van der Waals surface area (Å²) >= 11 is 0. The summed E-state index contributed by atoms with van der Waals surface area (Å²) in [6.45, 7) is 0. The van der Waals surface area contributed by atoms with Crippen molar-refractivity contribution < 1.29 is 0 Å². The van der Waals surface area contributed by atoms with Gasteiger partial charge in [-0.05, 0) is 82.6 Å². The van der Waals surface area contributed by atoms with E-state index >= 15 is 0 Å². The summed E-state index contributed by atoms with van der Waals surface area (Å²) in [7, 11) is 0. The number of rotatable bonds is 5. The maximum Gasteiger partial charge on any atom is 0.0994 e. The first-order chi connectivity index (χ1) is 26.7. The number of nitriles is 2. The zero-order chi connectivity index (χ0) is 36.2. The Bertz CT molecular complexity index is 2840. The van der Waals surface area contributed by atoms with Crippen LogP contribution < -0.4 is 4.90 Å². The monoisotopic (exact) mass is 690 g/mol. The molecule has 4 nitrogen and oxygen atoms in total. The van der Waals surface area contributed by atoms with E-state index in [9.17, 15) is 10.5 Å². The highest BCUT2D eigenvalue weighted by Gasteiger charge is 2.39. The number of anilines is 2. The van der Waals surface area contributed by atoms with E-state index in [1.807, 2.05) is 18.2 Å². The van der Waals surface area contributed by atoms with Crippen molar-refractivity contribution in [3.63, 3.8) is 0 Å². The zero-order valence-electron chi connectivity index (χ0n) is 29.5. The van der Waals surface area contributed by atoms with Crippen molar-refractivity contribution in [2.45, 2.75) is 18.9 Å². The molecule has 1 aliphatic heterocycles. The number of allylic oxidation sites excluding steroid dienone is 6. The molecule has 0 amide bonds. The van der Waals surface area contributed by atoms with Gasteiger partial charge in [-0.2, -0.15) is 10.5 Å². The van der Waals surface area contributed by atoms with E-state index in [1.165, 1.54) is 38.6 Å². The van der Waals surface area contributed by atoms with Crippen molar-refractivity contribution in [3.05, 3.63) is 187 Å². The Morgan fingerprint density at radius 2 is 1.33 bits per heavy atom. The maximum absolute atomic E-state index is 10.4. The lowest BCUT2D eigenvalue weighted by Gasteiger charge is -2.32. The van der Waals surface area contributed by atoms with Crippen LogP contribution in [0.1, 0.15) is 24.0 Å². The molecule has 254 valence electrons. The molecule has 2 heterocycles. The molecular formula is C50H34N4. The van der Waals surface area contributed by atoms with E-state index in [0.717, 1.165) is 51.2 Å². The number of hydrogen-bond donors (Lipinski definition) is 0. The van der Waals surface area contributed by atoms with Gasteiger partial charge in [-0.1, -0.05) is 134 Å². The predicted molar refractivity (Wildman–Crippen MR) is 221 cm³/mol. The Balaban J connectivity index is 1.31. The quantitative estimate of drug-likeness (QED) is 0.181. The van der Waals surface area contributed by atoms with Gasteiger partial charge in [0.25, 0.3) is 0 Å². The highest BCUT2D eigenvalue weighted by atomic mass is 15.2. The molecule has 6 aromatic carbocycles. The number of para-hydroxylation sites is 2. The molecule has 3 aliphatic rings. The number of aromatic nitrogens is 1. The van der Waals surface area contributed by atoms with Gasteiger partial charge >= 0.3 is 0 Å². The SMILES string of the molecule is N#CC1=CCC(C#N)C=C1c1cc(-c2ccccc2)c(N2c3ccc4c5ccccc5n(-c5ccccc5)c4c3C3=CC=CCC32)cc1-c1ccccc1. The molecule has 0 radical (unpaired) electrons. The summed E-state index contributed by atoms with van der Waals surface area (Å²) in [5, 5.41) is 22.9. The lowest BCUT2D eigenvalue weighted by atomic mass is 9.82. The van der Waals surface area contributed by atoms with Crippen molar-refractivity contribution in [1.82, 2.24) is 4.57 Å². The number of benzene rings is 6. The van der Waals surface area contributed by atoms with Crippen LogP contribution in [0.15, 0.2) is 175 Å². The second-order valence-corrected chi connectivity index (χ2v) is 14.1. The van der Waals surface area contributed by atoms with Gasteiger partial charge in [0, 0.05) is 27.6 Å². The second-order valence-electron chi connectivity index (χ2n) is 14.1. The molecule has 2 atom stereocenters. The van der Waals surface area contributed by atoms with Crippen LogP contribution in [0.4, 0.5) is 11.4 Å². The van der Waals surface area contributed by atoms with Gasteiger partial charge in [0.05, 0.1) is 52.1 Å². The Hall–Kier alpha value is -7.14. The van der Waals surface area contributed by atoms with Gasteiger partial charge in [-0.25, -0.2) is 0 Å². The van der Waals surface area contributed by atoms with Crippen LogP contribution in [0, 0.1) is 28.6 Å². The van der Waals surface area contributed by atoms with Gasteiger partial charge in [-0.15, -0.1) is 0 Å². The highest BCUT2D eigenvalue weighted by Crippen LogP contribution is 2.55. The Kier molecular flexibility index (Phi) is 7.50. The van der Waals surface area contributed by atoms with Crippen molar-refractivity contribution in [2.75, 3.05) is 4.90 Å². The lowest BCUT2D eigenvalue weighted by Crippen LogP contribution is -2.27. The van der Waals surface area contributed by atoms with Crippen molar-refractivity contribution >= 4 is 44.3 Å². The smallest absolute Gasteiger partial charge is 0.0994 e. The van der Waals surface area contributed by atoms with Gasteiger partial charge in [0.2, 0.25) is 0 Å². The molecular weight excluding hydrogens is 657 g/mol. The van der Waals surface area contributed by atoms with Crippen LogP contribution in [0.5, 0.6) is 0 Å². The molecule has 4 heteroatoms. The molecule has 2 aliphatic carbocycles. The van der Waals surface area contributed by atoms with E-state index in [2.05, 4.69) is 173 Å². The molecule has 0 bridgehead atoms. The Labute approximate surface area is 314 Å². The lowest BCUT2D eigenvalue weighted by molar-refractivity contribution is 0.830. The van der Waals surface area contributed by atoms with Crippen LogP contribution in [-0.4, -0.2) is 10.6 Å². The Morgan fingerprint density at radius 1 is 0.630 bits per heavy atom. The summed E-state index contributed by atoms with van der Waals surface area (Å²) < 4.78 is 2.44. The molecule has 0 fully saturated rings. The summed E-state index contributed by atoms with van der Waals surface area (Å²) in [5.74, 6) is -0.300. The summed E-state index contributed by atoms with van der Waals surface area (Å²) in [4.78, 5) is 2.56. The first-order valence-corrected chi connectivity index (χ1v) is 18.5. The molecule has 0 spiro atoms. The summed E-state index contributed by atoms with van der Waals surface area (Å²) in [6.07, 6.45) is 12.1.